The van der Waals surface area contributed by atoms with E-state index >= 15 is 0 Å². The molecular formula is C13H29NO2. The molecule has 0 saturated carbocycles. The molecule has 0 aromatic carbocycles. The topological polar surface area (TPSA) is 32.7 Å². The number of hydrogen-bond acceptors (Lipinski definition) is 3. The van der Waals surface area contributed by atoms with Gasteiger partial charge in [-0.3, -0.25) is 0 Å². The molecule has 0 heterocycles. The first kappa shape index (κ1) is 15.9. The first-order valence-electron chi connectivity index (χ1n) is 6.58. The third-order valence-corrected chi connectivity index (χ3v) is 2.49. The first-order valence-corrected chi connectivity index (χ1v) is 6.58. The van der Waals surface area contributed by atoms with Crippen molar-refractivity contribution in [3.63, 3.8) is 0 Å². The molecule has 3 heteroatoms. The van der Waals surface area contributed by atoms with E-state index in [2.05, 4.69) is 32.6 Å². The van der Waals surface area contributed by atoms with Gasteiger partial charge in [-0.25, -0.2) is 0 Å². The standard InChI is InChI=1S/C13H29NO2/c1-5-7-8-16-11-13(15)10-14(6-2)9-12(3)4/h12-13,15H,5-11H2,1-4H3. The Morgan fingerprint density at radius 2 is 1.88 bits per heavy atom. The number of aliphatic hydroxyl groups is 1. The van der Waals surface area contributed by atoms with E-state index in [1.54, 1.807) is 0 Å². The van der Waals surface area contributed by atoms with Gasteiger partial charge in [0.1, 0.15) is 0 Å². The van der Waals surface area contributed by atoms with Crippen molar-refractivity contribution in [3.05, 3.63) is 0 Å². The minimum atomic E-state index is -0.351. The molecule has 0 radical (unpaired) electrons. The highest BCUT2D eigenvalue weighted by Gasteiger charge is 2.11. The lowest BCUT2D eigenvalue weighted by Gasteiger charge is -2.25. The minimum Gasteiger partial charge on any atom is -0.389 e. The van der Waals surface area contributed by atoms with Crippen LogP contribution in [0.1, 0.15) is 40.5 Å². The maximum Gasteiger partial charge on any atom is 0.0900 e. The minimum absolute atomic E-state index is 0.351. The Morgan fingerprint density at radius 3 is 2.38 bits per heavy atom. The highest BCUT2D eigenvalue weighted by molar-refractivity contribution is 4.64. The molecule has 0 rings (SSSR count). The van der Waals surface area contributed by atoms with Crippen molar-refractivity contribution in [2.24, 2.45) is 5.92 Å². The van der Waals surface area contributed by atoms with Gasteiger partial charge in [0.2, 0.25) is 0 Å². The van der Waals surface area contributed by atoms with E-state index in [1.165, 1.54) is 0 Å². The van der Waals surface area contributed by atoms with Crippen LogP contribution in [0.3, 0.4) is 0 Å². The fourth-order valence-corrected chi connectivity index (χ4v) is 1.67. The van der Waals surface area contributed by atoms with Crippen LogP contribution in [-0.2, 0) is 4.74 Å². The smallest absolute Gasteiger partial charge is 0.0900 e. The average Bonchev–Trinajstić information content (AvgIpc) is 2.23. The number of likely N-dealkylation sites (N-methyl/N-ethyl adjacent to an activating group) is 1. The second kappa shape index (κ2) is 10.1. The zero-order chi connectivity index (χ0) is 12.4. The van der Waals surface area contributed by atoms with Crippen molar-refractivity contribution in [2.45, 2.75) is 46.6 Å². The molecule has 3 nitrogen and oxygen atoms in total. The molecule has 98 valence electrons. The Bertz CT molecular complexity index is 151. The van der Waals surface area contributed by atoms with Gasteiger partial charge >= 0.3 is 0 Å². The molecule has 0 amide bonds. The quantitative estimate of drug-likeness (QED) is 0.585. The van der Waals surface area contributed by atoms with Crippen LogP contribution in [-0.4, -0.2) is 49.0 Å². The van der Waals surface area contributed by atoms with Crippen molar-refractivity contribution in [1.29, 1.82) is 0 Å². The Morgan fingerprint density at radius 1 is 1.19 bits per heavy atom. The molecule has 0 aromatic heterocycles. The lowest BCUT2D eigenvalue weighted by molar-refractivity contribution is 0.0149. The highest BCUT2D eigenvalue weighted by atomic mass is 16.5. The summed E-state index contributed by atoms with van der Waals surface area (Å²) >= 11 is 0. The molecule has 1 unspecified atom stereocenters. The summed E-state index contributed by atoms with van der Waals surface area (Å²) < 4.78 is 5.41. The van der Waals surface area contributed by atoms with Crippen molar-refractivity contribution in [1.82, 2.24) is 4.90 Å². The van der Waals surface area contributed by atoms with Gasteiger partial charge in [-0.2, -0.15) is 0 Å². The molecule has 1 atom stereocenters. The van der Waals surface area contributed by atoms with Crippen LogP contribution < -0.4 is 0 Å². The number of aliphatic hydroxyl groups excluding tert-OH is 1. The van der Waals surface area contributed by atoms with E-state index in [1.807, 2.05) is 0 Å². The summed E-state index contributed by atoms with van der Waals surface area (Å²) in [6, 6.07) is 0. The largest absolute Gasteiger partial charge is 0.389 e. The number of hydrogen-bond donors (Lipinski definition) is 1. The van der Waals surface area contributed by atoms with Crippen LogP contribution >= 0.6 is 0 Å². The van der Waals surface area contributed by atoms with E-state index in [9.17, 15) is 5.11 Å². The van der Waals surface area contributed by atoms with Gasteiger partial charge in [0.25, 0.3) is 0 Å². The molecular weight excluding hydrogens is 202 g/mol. The van der Waals surface area contributed by atoms with Crippen LogP contribution in [0.4, 0.5) is 0 Å². The van der Waals surface area contributed by atoms with E-state index in [4.69, 9.17) is 4.74 Å². The normalized spacial score (nSPS) is 13.7. The molecule has 0 spiro atoms. The van der Waals surface area contributed by atoms with Crippen molar-refractivity contribution < 1.29 is 9.84 Å². The van der Waals surface area contributed by atoms with Gasteiger partial charge < -0.3 is 14.7 Å². The van der Waals surface area contributed by atoms with E-state index < -0.39 is 0 Å². The fourth-order valence-electron chi connectivity index (χ4n) is 1.67. The zero-order valence-corrected chi connectivity index (χ0v) is 11.4. The fraction of sp³-hybridized carbons (Fsp3) is 1.00. The van der Waals surface area contributed by atoms with Crippen molar-refractivity contribution in [3.8, 4) is 0 Å². The molecule has 16 heavy (non-hydrogen) atoms. The van der Waals surface area contributed by atoms with Crippen LogP contribution in [0, 0.1) is 5.92 Å². The third kappa shape index (κ3) is 9.13. The van der Waals surface area contributed by atoms with Gasteiger partial charge in [-0.15, -0.1) is 0 Å². The van der Waals surface area contributed by atoms with Crippen LogP contribution in [0.15, 0.2) is 0 Å². The number of ether oxygens (including phenoxy) is 1. The van der Waals surface area contributed by atoms with Crippen LogP contribution in [0.5, 0.6) is 0 Å². The van der Waals surface area contributed by atoms with Crippen molar-refractivity contribution >= 4 is 0 Å². The Balaban J connectivity index is 3.61. The summed E-state index contributed by atoms with van der Waals surface area (Å²) in [4.78, 5) is 2.28. The lowest BCUT2D eigenvalue weighted by Crippen LogP contribution is -2.37. The third-order valence-electron chi connectivity index (χ3n) is 2.49. The van der Waals surface area contributed by atoms with Crippen molar-refractivity contribution in [2.75, 3.05) is 32.8 Å². The van der Waals surface area contributed by atoms with Gasteiger partial charge in [-0.05, 0) is 18.9 Å². The maximum atomic E-state index is 9.80. The molecule has 0 aromatic rings. The number of unbranched alkanes of at least 4 members (excludes halogenated alkanes) is 1. The Kier molecular flexibility index (Phi) is 9.99. The second-order valence-electron chi connectivity index (χ2n) is 4.83. The summed E-state index contributed by atoms with van der Waals surface area (Å²) in [7, 11) is 0. The molecule has 0 fully saturated rings. The second-order valence-corrected chi connectivity index (χ2v) is 4.83. The molecule has 0 aliphatic carbocycles. The Labute approximate surface area is 101 Å². The van der Waals surface area contributed by atoms with Gasteiger partial charge in [0.05, 0.1) is 12.7 Å². The van der Waals surface area contributed by atoms with Crippen LogP contribution in [0.2, 0.25) is 0 Å². The predicted octanol–water partition coefficient (Wildman–Crippen LogP) is 2.14. The average molecular weight is 231 g/mol. The van der Waals surface area contributed by atoms with E-state index in [-0.39, 0.29) is 6.10 Å². The van der Waals surface area contributed by atoms with Gasteiger partial charge in [0.15, 0.2) is 0 Å². The van der Waals surface area contributed by atoms with Gasteiger partial charge in [0, 0.05) is 19.7 Å². The summed E-state index contributed by atoms with van der Waals surface area (Å²) in [5.74, 6) is 0.646. The van der Waals surface area contributed by atoms with Crippen LogP contribution in [0.25, 0.3) is 0 Å². The number of nitrogens with zero attached hydrogens (tertiary/aromatic N) is 1. The summed E-state index contributed by atoms with van der Waals surface area (Å²) in [6.07, 6.45) is 1.87. The lowest BCUT2D eigenvalue weighted by atomic mass is 10.2. The molecule has 0 bridgehead atoms. The number of rotatable bonds is 10. The predicted molar refractivity (Wildman–Crippen MR) is 68.7 cm³/mol. The monoisotopic (exact) mass is 231 g/mol. The van der Waals surface area contributed by atoms with E-state index in [0.717, 1.165) is 39.1 Å². The zero-order valence-electron chi connectivity index (χ0n) is 11.4. The first-order chi connectivity index (χ1) is 7.60. The maximum absolute atomic E-state index is 9.80. The highest BCUT2D eigenvalue weighted by Crippen LogP contribution is 2.00. The molecule has 0 aliphatic rings. The Hall–Kier alpha value is -0.120. The molecule has 1 N–H and O–H groups in total. The SMILES string of the molecule is CCCCOCC(O)CN(CC)CC(C)C. The summed E-state index contributed by atoms with van der Waals surface area (Å²) in [6.45, 7) is 12.7. The summed E-state index contributed by atoms with van der Waals surface area (Å²) in [5, 5.41) is 9.80. The van der Waals surface area contributed by atoms with E-state index in [0.29, 0.717) is 12.5 Å². The molecule has 0 aliphatic heterocycles. The van der Waals surface area contributed by atoms with Gasteiger partial charge in [-0.1, -0.05) is 34.1 Å². The summed E-state index contributed by atoms with van der Waals surface area (Å²) in [5.41, 5.74) is 0. The molecule has 0 saturated heterocycles.